The summed E-state index contributed by atoms with van der Waals surface area (Å²) in [7, 11) is 0. The Morgan fingerprint density at radius 2 is 0.915 bits per heavy atom. The first-order chi connectivity index (χ1) is 29.2. The van der Waals surface area contributed by atoms with E-state index in [9.17, 15) is 0 Å². The minimum atomic E-state index is 1.12. The quantitative estimate of drug-likeness (QED) is 0.152. The zero-order valence-corrected chi connectivity index (χ0v) is 33.6. The molecule has 0 fully saturated rings. The number of nitrogens with zero attached hydrogens (tertiary/aromatic N) is 1. The largest absolute Gasteiger partial charge is 0.309 e. The summed E-state index contributed by atoms with van der Waals surface area (Å²) in [6.45, 7) is 0. The Morgan fingerprint density at radius 3 is 1.81 bits per heavy atom. The number of benzene rings is 10. The lowest BCUT2D eigenvalue weighted by atomic mass is 9.97. The lowest BCUT2D eigenvalue weighted by Crippen LogP contribution is -2.10. The van der Waals surface area contributed by atoms with Crippen molar-refractivity contribution in [1.82, 2.24) is 0 Å². The molecule has 59 heavy (non-hydrogen) atoms. The average molecular weight is 786 g/mol. The number of thiophene rings is 2. The molecular formula is C56H35NS2. The van der Waals surface area contributed by atoms with E-state index in [1.807, 2.05) is 22.7 Å². The highest BCUT2D eigenvalue weighted by Crippen LogP contribution is 2.48. The molecule has 0 N–H and O–H groups in total. The molecule has 2 heterocycles. The lowest BCUT2D eigenvalue weighted by molar-refractivity contribution is 1.30. The first-order valence-corrected chi connectivity index (χ1v) is 21.7. The first kappa shape index (κ1) is 34.0. The Hall–Kier alpha value is -7.04. The third-order valence-corrected chi connectivity index (χ3v) is 14.3. The van der Waals surface area contributed by atoms with Gasteiger partial charge in [-0.05, 0) is 110 Å². The highest BCUT2D eigenvalue weighted by atomic mass is 32.1. The molecule has 0 saturated heterocycles. The maximum absolute atomic E-state index is 2.46. The van der Waals surface area contributed by atoms with E-state index in [4.69, 9.17) is 0 Å². The second-order valence-electron chi connectivity index (χ2n) is 15.3. The van der Waals surface area contributed by atoms with Crippen LogP contribution in [0.15, 0.2) is 212 Å². The van der Waals surface area contributed by atoms with E-state index in [0.717, 1.165) is 11.4 Å². The summed E-state index contributed by atoms with van der Waals surface area (Å²) in [5.74, 6) is 0. The maximum Gasteiger partial charge on any atom is 0.0640 e. The van der Waals surface area contributed by atoms with Crippen LogP contribution < -0.4 is 4.90 Å². The molecule has 3 heteroatoms. The van der Waals surface area contributed by atoms with E-state index in [2.05, 4.69) is 217 Å². The van der Waals surface area contributed by atoms with Crippen LogP contribution in [-0.2, 0) is 0 Å². The standard InChI is InChI=1S/C56H35NS2/c1-2-11-37(12-3-1)47-18-9-19-49-50-20-10-21-52(56(50)59-55(47)49)57(44-15-8-14-39(34-44)41-28-32-54-51(35-41)48-17-6-7-22-53(48)58-54)43-29-25-36(26-30-43)40-27-31-46-42(33-40)24-23-38-13-4-5-16-45(38)46/h1-35H. The third kappa shape index (κ3) is 5.73. The van der Waals surface area contributed by atoms with Gasteiger partial charge in [0.2, 0.25) is 0 Å². The fourth-order valence-electron chi connectivity index (χ4n) is 8.98. The van der Waals surface area contributed by atoms with Crippen molar-refractivity contribution >= 4 is 102 Å². The Morgan fingerprint density at radius 1 is 0.288 bits per heavy atom. The van der Waals surface area contributed by atoms with Gasteiger partial charge in [-0.2, -0.15) is 0 Å². The van der Waals surface area contributed by atoms with Gasteiger partial charge in [0.1, 0.15) is 0 Å². The number of hydrogen-bond donors (Lipinski definition) is 0. The monoisotopic (exact) mass is 785 g/mol. The molecular weight excluding hydrogens is 751 g/mol. The topological polar surface area (TPSA) is 3.24 Å². The summed E-state index contributed by atoms with van der Waals surface area (Å²) in [5, 5.41) is 10.3. The predicted molar refractivity (Wildman–Crippen MR) is 258 cm³/mol. The van der Waals surface area contributed by atoms with Crippen LogP contribution in [0, 0.1) is 0 Å². The van der Waals surface area contributed by atoms with Crippen molar-refractivity contribution in [1.29, 1.82) is 0 Å². The molecule has 12 rings (SSSR count). The van der Waals surface area contributed by atoms with E-state index in [1.54, 1.807) is 0 Å². The van der Waals surface area contributed by atoms with E-state index in [-0.39, 0.29) is 0 Å². The van der Waals surface area contributed by atoms with Gasteiger partial charge in [0.05, 0.1) is 10.4 Å². The summed E-state index contributed by atoms with van der Waals surface area (Å²) in [5.41, 5.74) is 10.7. The predicted octanol–water partition coefficient (Wildman–Crippen LogP) is 17.2. The first-order valence-electron chi connectivity index (χ1n) is 20.1. The molecule has 0 amide bonds. The minimum Gasteiger partial charge on any atom is -0.309 e. The second kappa shape index (κ2) is 13.8. The minimum absolute atomic E-state index is 1.12. The second-order valence-corrected chi connectivity index (χ2v) is 17.4. The summed E-state index contributed by atoms with van der Waals surface area (Å²) >= 11 is 3.76. The Balaban J connectivity index is 1.02. The van der Waals surface area contributed by atoms with Crippen LogP contribution >= 0.6 is 22.7 Å². The molecule has 10 aromatic carbocycles. The van der Waals surface area contributed by atoms with E-state index in [1.165, 1.54) is 101 Å². The number of anilines is 3. The van der Waals surface area contributed by atoms with Gasteiger partial charge in [-0.3, -0.25) is 0 Å². The van der Waals surface area contributed by atoms with Crippen LogP contribution in [0.4, 0.5) is 17.1 Å². The average Bonchev–Trinajstić information content (AvgIpc) is 3.88. The highest BCUT2D eigenvalue weighted by Gasteiger charge is 2.20. The molecule has 0 bridgehead atoms. The lowest BCUT2D eigenvalue weighted by Gasteiger charge is -2.27. The van der Waals surface area contributed by atoms with Gasteiger partial charge in [-0.25, -0.2) is 0 Å². The summed E-state index contributed by atoms with van der Waals surface area (Å²) < 4.78 is 5.23. The summed E-state index contributed by atoms with van der Waals surface area (Å²) in [6.07, 6.45) is 0. The molecule has 2 aromatic heterocycles. The molecule has 1 nitrogen and oxygen atoms in total. The van der Waals surface area contributed by atoms with Gasteiger partial charge in [0.25, 0.3) is 0 Å². The van der Waals surface area contributed by atoms with Crippen molar-refractivity contribution in [3.05, 3.63) is 212 Å². The highest BCUT2D eigenvalue weighted by molar-refractivity contribution is 7.27. The van der Waals surface area contributed by atoms with Gasteiger partial charge >= 0.3 is 0 Å². The van der Waals surface area contributed by atoms with Gasteiger partial charge in [0.15, 0.2) is 0 Å². The summed E-state index contributed by atoms with van der Waals surface area (Å²) in [4.78, 5) is 2.46. The van der Waals surface area contributed by atoms with Gasteiger partial charge in [-0.15, -0.1) is 22.7 Å². The van der Waals surface area contributed by atoms with Crippen molar-refractivity contribution in [2.75, 3.05) is 4.90 Å². The van der Waals surface area contributed by atoms with Crippen molar-refractivity contribution in [3.63, 3.8) is 0 Å². The van der Waals surface area contributed by atoms with Crippen LogP contribution in [0.1, 0.15) is 0 Å². The molecule has 276 valence electrons. The molecule has 0 aliphatic rings. The Labute approximate surface area is 350 Å². The smallest absolute Gasteiger partial charge is 0.0640 e. The zero-order valence-electron chi connectivity index (χ0n) is 32.0. The number of hydrogen-bond acceptors (Lipinski definition) is 3. The van der Waals surface area contributed by atoms with E-state index >= 15 is 0 Å². The van der Waals surface area contributed by atoms with Gasteiger partial charge < -0.3 is 4.90 Å². The number of rotatable bonds is 6. The van der Waals surface area contributed by atoms with E-state index in [0.29, 0.717) is 0 Å². The number of fused-ring (bicyclic) bond motifs is 9. The maximum atomic E-state index is 2.46. The molecule has 0 aliphatic heterocycles. The molecule has 0 atom stereocenters. The molecule has 0 radical (unpaired) electrons. The Kier molecular flexibility index (Phi) is 7.97. The zero-order chi connectivity index (χ0) is 38.9. The molecule has 0 spiro atoms. The van der Waals surface area contributed by atoms with Gasteiger partial charge in [-0.1, -0.05) is 158 Å². The third-order valence-electron chi connectivity index (χ3n) is 11.8. The summed E-state index contributed by atoms with van der Waals surface area (Å²) in [6, 6.07) is 78.2. The van der Waals surface area contributed by atoms with Crippen molar-refractivity contribution in [3.8, 4) is 33.4 Å². The van der Waals surface area contributed by atoms with Crippen LogP contribution in [-0.4, -0.2) is 0 Å². The Bertz CT molecular complexity index is 3560. The van der Waals surface area contributed by atoms with Gasteiger partial charge in [0, 0.05) is 47.0 Å². The molecule has 0 saturated carbocycles. The van der Waals surface area contributed by atoms with E-state index < -0.39 is 0 Å². The molecule has 12 aromatic rings. The fraction of sp³-hybridized carbons (Fsp3) is 0. The SMILES string of the molecule is c1ccc(-c2cccc3c2sc2c(N(c4ccc(-c5ccc6c(ccc7ccccc76)c5)cc4)c4cccc(-c5ccc6sc7ccccc7c6c5)c4)cccc23)cc1. The van der Waals surface area contributed by atoms with Crippen LogP contribution in [0.3, 0.4) is 0 Å². The normalized spacial score (nSPS) is 11.7. The van der Waals surface area contributed by atoms with Crippen LogP contribution in [0.5, 0.6) is 0 Å². The fourth-order valence-corrected chi connectivity index (χ4v) is 11.4. The van der Waals surface area contributed by atoms with Crippen molar-refractivity contribution < 1.29 is 0 Å². The van der Waals surface area contributed by atoms with Crippen LogP contribution in [0.2, 0.25) is 0 Å². The van der Waals surface area contributed by atoms with Crippen molar-refractivity contribution in [2.45, 2.75) is 0 Å². The van der Waals surface area contributed by atoms with Crippen LogP contribution in [0.25, 0.3) is 95.3 Å². The molecule has 0 unspecified atom stereocenters. The van der Waals surface area contributed by atoms with Crippen molar-refractivity contribution in [2.24, 2.45) is 0 Å². The molecule has 0 aliphatic carbocycles.